The van der Waals surface area contributed by atoms with Gasteiger partial charge in [0.15, 0.2) is 5.75 Å². The Morgan fingerprint density at radius 2 is 2.00 bits per heavy atom. The number of imide groups is 1. The highest BCUT2D eigenvalue weighted by molar-refractivity contribution is 6.19. The van der Waals surface area contributed by atoms with Gasteiger partial charge in [0, 0.05) is 35.6 Å². The number of nitro benzene ring substituents is 1. The topological polar surface area (TPSA) is 141 Å². The second-order valence-electron chi connectivity index (χ2n) is 9.61. The van der Waals surface area contributed by atoms with Gasteiger partial charge in [0.2, 0.25) is 0 Å². The van der Waals surface area contributed by atoms with Crippen LogP contribution in [0.4, 0.5) is 5.69 Å². The quantitative estimate of drug-likeness (QED) is 0.170. The largest absolute Gasteiger partial charge is 0.487 e. The van der Waals surface area contributed by atoms with Crippen molar-refractivity contribution in [3.05, 3.63) is 87.1 Å². The Morgan fingerprint density at radius 1 is 1.22 bits per heavy atom. The summed E-state index contributed by atoms with van der Waals surface area (Å²) >= 11 is 0. The zero-order chi connectivity index (χ0) is 29.1. The first kappa shape index (κ1) is 27.5. The summed E-state index contributed by atoms with van der Waals surface area (Å²) in [7, 11) is 0. The first-order chi connectivity index (χ1) is 19.8. The highest BCUT2D eigenvalue weighted by atomic mass is 16.6. The van der Waals surface area contributed by atoms with Crippen molar-refractivity contribution in [2.24, 2.45) is 0 Å². The summed E-state index contributed by atoms with van der Waals surface area (Å²) in [5, 5.41) is 26.3. The molecule has 208 valence electrons. The zero-order valence-electron chi connectivity index (χ0n) is 22.6. The van der Waals surface area contributed by atoms with E-state index in [0.29, 0.717) is 29.8 Å². The first-order valence-corrected chi connectivity index (χ1v) is 13.2. The lowest BCUT2D eigenvalue weighted by atomic mass is 9.93. The fourth-order valence-electron chi connectivity index (χ4n) is 4.96. The van der Waals surface area contributed by atoms with Crippen LogP contribution in [0.2, 0.25) is 0 Å². The number of benzene rings is 2. The molecule has 2 aromatic carbocycles. The predicted molar refractivity (Wildman–Crippen MR) is 149 cm³/mol. The summed E-state index contributed by atoms with van der Waals surface area (Å²) in [6, 6.07) is 15.8. The molecule has 11 nitrogen and oxygen atoms in total. The number of nitro groups is 1. The van der Waals surface area contributed by atoms with Crippen LogP contribution in [0.1, 0.15) is 32.3 Å². The fraction of sp³-hybridized carbons (Fsp3) is 0.267. The predicted octanol–water partition coefficient (Wildman–Crippen LogP) is 4.62. The molecule has 0 N–H and O–H groups in total. The van der Waals surface area contributed by atoms with Gasteiger partial charge in [-0.25, -0.2) is 4.68 Å². The lowest BCUT2D eigenvalue weighted by molar-refractivity contribution is -0.385. The molecule has 0 radical (unpaired) electrons. The third-order valence-corrected chi connectivity index (χ3v) is 7.03. The van der Waals surface area contributed by atoms with Crippen molar-refractivity contribution >= 4 is 23.6 Å². The molecule has 1 saturated heterocycles. The Bertz CT molecular complexity index is 1630. The average Bonchev–Trinajstić information content (AvgIpc) is 3.65. The van der Waals surface area contributed by atoms with Crippen molar-refractivity contribution in [2.75, 3.05) is 19.8 Å². The maximum Gasteiger partial charge on any atom is 0.311 e. The van der Waals surface area contributed by atoms with Gasteiger partial charge in [-0.3, -0.25) is 24.6 Å². The summed E-state index contributed by atoms with van der Waals surface area (Å²) in [5.41, 5.74) is 2.07. The highest BCUT2D eigenvalue weighted by Gasteiger charge is 2.37. The number of nitriles is 1. The first-order valence-electron chi connectivity index (χ1n) is 13.2. The summed E-state index contributed by atoms with van der Waals surface area (Å²) in [4.78, 5) is 39.1. The van der Waals surface area contributed by atoms with Crippen LogP contribution in [0.3, 0.4) is 0 Å². The Balaban J connectivity index is 1.66. The highest BCUT2D eigenvalue weighted by Crippen LogP contribution is 2.36. The lowest BCUT2D eigenvalue weighted by Gasteiger charge is -2.29. The molecular weight excluding hydrogens is 526 g/mol. The molecular formula is C30H27N5O6. The number of nitrogens with zero attached hydrogens (tertiary/aromatic N) is 5. The van der Waals surface area contributed by atoms with E-state index < -0.39 is 16.7 Å². The van der Waals surface area contributed by atoms with E-state index in [9.17, 15) is 25.0 Å². The van der Waals surface area contributed by atoms with Crippen LogP contribution < -0.4 is 4.74 Å². The van der Waals surface area contributed by atoms with Gasteiger partial charge in [0.05, 0.1) is 29.9 Å². The number of rotatable bonds is 8. The molecule has 2 aliphatic rings. The SMILES string of the molecule is CCOc1ccc(-c2nn(-c3ccccc3)cc2/C=C2/C(=O)N(CC3CCCO3)C(=O)C(C#N)=C2C)cc1[N+](=O)[O-]. The minimum Gasteiger partial charge on any atom is -0.487 e. The summed E-state index contributed by atoms with van der Waals surface area (Å²) < 4.78 is 12.7. The van der Waals surface area contributed by atoms with Gasteiger partial charge in [0.1, 0.15) is 17.3 Å². The van der Waals surface area contributed by atoms with Crippen LogP contribution >= 0.6 is 0 Å². The van der Waals surface area contributed by atoms with E-state index in [1.165, 1.54) is 12.1 Å². The van der Waals surface area contributed by atoms with Crippen molar-refractivity contribution in [1.29, 1.82) is 5.26 Å². The van der Waals surface area contributed by atoms with Crippen LogP contribution in [-0.2, 0) is 14.3 Å². The summed E-state index contributed by atoms with van der Waals surface area (Å²) in [6.07, 6.45) is 4.54. The van der Waals surface area contributed by atoms with Gasteiger partial charge >= 0.3 is 5.69 Å². The van der Waals surface area contributed by atoms with E-state index in [2.05, 4.69) is 0 Å². The van der Waals surface area contributed by atoms with E-state index in [-0.39, 0.29) is 47.4 Å². The van der Waals surface area contributed by atoms with Crippen LogP contribution in [0.25, 0.3) is 23.0 Å². The maximum atomic E-state index is 13.7. The van der Waals surface area contributed by atoms with E-state index in [4.69, 9.17) is 14.6 Å². The standard InChI is InChI=1S/C30H27N5O6/c1-3-40-27-12-11-20(15-26(27)35(38)39)28-21(17-34(32-28)22-8-5-4-6-9-22)14-24-19(2)25(16-31)30(37)33(29(24)36)18-23-10-7-13-41-23/h4-6,8-9,11-12,14-15,17,23H,3,7,10,13,18H2,1-2H3/b24-14+. The molecule has 2 amide bonds. The molecule has 2 aliphatic heterocycles. The minimum absolute atomic E-state index is 0.0503. The normalized spacial score (nSPS) is 18.2. The maximum absolute atomic E-state index is 13.7. The van der Waals surface area contributed by atoms with Gasteiger partial charge in [-0.1, -0.05) is 18.2 Å². The number of carbonyl (C=O) groups excluding carboxylic acids is 2. The van der Waals surface area contributed by atoms with Crippen molar-refractivity contribution in [3.63, 3.8) is 0 Å². The van der Waals surface area contributed by atoms with Crippen molar-refractivity contribution in [1.82, 2.24) is 14.7 Å². The number of carbonyl (C=O) groups is 2. The number of ether oxygens (including phenoxy) is 2. The molecule has 41 heavy (non-hydrogen) atoms. The molecule has 5 rings (SSSR count). The molecule has 1 fully saturated rings. The smallest absolute Gasteiger partial charge is 0.311 e. The number of amides is 2. The molecule has 1 aromatic heterocycles. The number of para-hydroxylation sites is 1. The molecule has 0 bridgehead atoms. The Kier molecular flexibility index (Phi) is 7.76. The Labute approximate surface area is 236 Å². The third-order valence-electron chi connectivity index (χ3n) is 7.03. The Hall–Kier alpha value is -5.08. The monoisotopic (exact) mass is 553 g/mol. The van der Waals surface area contributed by atoms with Gasteiger partial charge in [-0.05, 0) is 62.6 Å². The van der Waals surface area contributed by atoms with E-state index in [1.807, 2.05) is 36.4 Å². The van der Waals surface area contributed by atoms with E-state index in [1.54, 1.807) is 36.9 Å². The van der Waals surface area contributed by atoms with E-state index >= 15 is 0 Å². The van der Waals surface area contributed by atoms with Gasteiger partial charge in [-0.15, -0.1) is 0 Å². The van der Waals surface area contributed by atoms with Crippen LogP contribution in [-0.4, -0.2) is 57.3 Å². The van der Waals surface area contributed by atoms with Gasteiger partial charge in [0.25, 0.3) is 11.8 Å². The lowest BCUT2D eigenvalue weighted by Crippen LogP contribution is -2.46. The molecule has 0 aliphatic carbocycles. The molecule has 0 spiro atoms. The molecule has 1 atom stereocenters. The average molecular weight is 554 g/mol. The molecule has 3 aromatic rings. The van der Waals surface area contributed by atoms with Crippen molar-refractivity contribution in [2.45, 2.75) is 32.8 Å². The van der Waals surface area contributed by atoms with Crippen molar-refractivity contribution in [3.8, 4) is 28.8 Å². The number of hydrogen-bond acceptors (Lipinski definition) is 8. The van der Waals surface area contributed by atoms with Crippen molar-refractivity contribution < 1.29 is 24.0 Å². The number of aromatic nitrogens is 2. The van der Waals surface area contributed by atoms with Gasteiger partial charge in [-0.2, -0.15) is 10.4 Å². The molecule has 11 heteroatoms. The molecule has 3 heterocycles. The zero-order valence-corrected chi connectivity index (χ0v) is 22.6. The van der Waals surface area contributed by atoms with Gasteiger partial charge < -0.3 is 9.47 Å². The third kappa shape index (κ3) is 5.37. The van der Waals surface area contributed by atoms with Crippen LogP contribution in [0.15, 0.2) is 71.4 Å². The Morgan fingerprint density at radius 3 is 2.66 bits per heavy atom. The number of hydrogen-bond donors (Lipinski definition) is 0. The van der Waals surface area contributed by atoms with Crippen LogP contribution in [0, 0.1) is 21.4 Å². The molecule has 0 saturated carbocycles. The second-order valence-corrected chi connectivity index (χ2v) is 9.61. The fourth-order valence-corrected chi connectivity index (χ4v) is 4.96. The summed E-state index contributed by atoms with van der Waals surface area (Å²) in [5.74, 6) is -1.06. The summed E-state index contributed by atoms with van der Waals surface area (Å²) in [6.45, 7) is 4.17. The molecule has 1 unspecified atom stereocenters. The minimum atomic E-state index is -0.648. The second kappa shape index (κ2) is 11.6. The van der Waals surface area contributed by atoms with Crippen LogP contribution in [0.5, 0.6) is 5.75 Å². The van der Waals surface area contributed by atoms with E-state index in [0.717, 1.165) is 17.0 Å².